The van der Waals surface area contributed by atoms with Crippen LogP contribution in [-0.4, -0.2) is 30.2 Å². The van der Waals surface area contributed by atoms with Crippen LogP contribution in [0.2, 0.25) is 5.02 Å². The summed E-state index contributed by atoms with van der Waals surface area (Å²) in [5.41, 5.74) is 0.720. The van der Waals surface area contributed by atoms with E-state index in [-0.39, 0.29) is 35.1 Å². The van der Waals surface area contributed by atoms with Crippen LogP contribution in [0.5, 0.6) is 0 Å². The van der Waals surface area contributed by atoms with Crippen molar-refractivity contribution in [3.05, 3.63) is 91.3 Å². The zero-order valence-corrected chi connectivity index (χ0v) is 18.8. The van der Waals surface area contributed by atoms with Crippen molar-refractivity contribution in [1.82, 2.24) is 18.7 Å². The number of imidazole rings is 1. The summed E-state index contributed by atoms with van der Waals surface area (Å²) in [7, 11) is 2.93. The molecule has 164 valence electrons. The Morgan fingerprint density at radius 3 is 2.34 bits per heavy atom. The summed E-state index contributed by atoms with van der Waals surface area (Å²) in [6, 6.07) is 12.5. The van der Waals surface area contributed by atoms with Gasteiger partial charge in [-0.2, -0.15) is 0 Å². The number of hydrogen-bond acceptors (Lipinski definition) is 5. The molecule has 2 aromatic carbocycles. The Labute approximate surface area is 191 Å². The summed E-state index contributed by atoms with van der Waals surface area (Å²) in [6.45, 7) is 0.224. The molecular formula is C22H18ClFN4O3S. The second-order valence-electron chi connectivity index (χ2n) is 7.20. The standard InChI is InChI=1S/C22H18ClFN4O3S/c1-26-19-18(20(30)27(2)22(26)31)28(11-13-3-9-16(24)10-4-13)21(25-19)32-12-17(29)14-5-7-15(23)8-6-14/h3-10H,11-12H2,1-2H3. The molecule has 0 aliphatic heterocycles. The van der Waals surface area contributed by atoms with E-state index in [0.29, 0.717) is 15.7 Å². The third-order valence-corrected chi connectivity index (χ3v) is 6.29. The number of hydrogen-bond donors (Lipinski definition) is 0. The SMILES string of the molecule is Cn1c(=O)c2c(nc(SCC(=O)c3ccc(Cl)cc3)n2Cc2ccc(F)cc2)n(C)c1=O. The summed E-state index contributed by atoms with van der Waals surface area (Å²) in [4.78, 5) is 42.4. The van der Waals surface area contributed by atoms with Crippen LogP contribution in [0.15, 0.2) is 63.3 Å². The fraction of sp³-hybridized carbons (Fsp3) is 0.182. The first kappa shape index (κ1) is 22.0. The van der Waals surface area contributed by atoms with Crippen LogP contribution >= 0.6 is 23.4 Å². The number of fused-ring (bicyclic) bond motifs is 1. The lowest BCUT2D eigenvalue weighted by Crippen LogP contribution is -2.37. The van der Waals surface area contributed by atoms with Crippen LogP contribution in [0, 0.1) is 5.82 Å². The number of carbonyl (C=O) groups is 1. The normalized spacial score (nSPS) is 11.2. The van der Waals surface area contributed by atoms with Crippen molar-refractivity contribution >= 4 is 40.3 Å². The van der Waals surface area contributed by atoms with E-state index in [9.17, 15) is 18.8 Å². The number of rotatable bonds is 6. The van der Waals surface area contributed by atoms with E-state index in [2.05, 4.69) is 4.98 Å². The Morgan fingerprint density at radius 2 is 1.69 bits per heavy atom. The lowest BCUT2D eigenvalue weighted by atomic mass is 10.1. The van der Waals surface area contributed by atoms with E-state index in [0.717, 1.165) is 21.9 Å². The monoisotopic (exact) mass is 472 g/mol. The van der Waals surface area contributed by atoms with Crippen molar-refractivity contribution < 1.29 is 9.18 Å². The maximum absolute atomic E-state index is 13.3. The molecule has 0 aliphatic rings. The van der Waals surface area contributed by atoms with Gasteiger partial charge >= 0.3 is 5.69 Å². The van der Waals surface area contributed by atoms with Gasteiger partial charge in [0, 0.05) is 24.7 Å². The molecule has 7 nitrogen and oxygen atoms in total. The number of aryl methyl sites for hydroxylation is 1. The number of nitrogens with zero attached hydrogens (tertiary/aromatic N) is 4. The minimum atomic E-state index is -0.497. The second kappa shape index (κ2) is 8.76. The van der Waals surface area contributed by atoms with Crippen molar-refractivity contribution in [2.75, 3.05) is 5.75 Å². The molecule has 0 saturated carbocycles. The van der Waals surface area contributed by atoms with Crippen LogP contribution in [-0.2, 0) is 20.6 Å². The minimum absolute atomic E-state index is 0.0721. The number of ketones is 1. The molecule has 0 atom stereocenters. The number of halogens is 2. The summed E-state index contributed by atoms with van der Waals surface area (Å²) >= 11 is 7.05. The molecule has 2 heterocycles. The van der Waals surface area contributed by atoms with Gasteiger partial charge in [-0.3, -0.25) is 18.7 Å². The molecule has 0 unspecified atom stereocenters. The number of thioether (sulfide) groups is 1. The van der Waals surface area contributed by atoms with Crippen molar-refractivity contribution in [2.24, 2.45) is 14.1 Å². The highest BCUT2D eigenvalue weighted by atomic mass is 35.5. The first-order valence-corrected chi connectivity index (χ1v) is 10.9. The van der Waals surface area contributed by atoms with Crippen LogP contribution < -0.4 is 11.2 Å². The first-order chi connectivity index (χ1) is 15.3. The van der Waals surface area contributed by atoms with Gasteiger partial charge in [0.15, 0.2) is 22.1 Å². The van der Waals surface area contributed by atoms with Crippen molar-refractivity contribution in [1.29, 1.82) is 0 Å². The average Bonchev–Trinajstić information content (AvgIpc) is 3.15. The van der Waals surface area contributed by atoms with E-state index in [1.165, 1.54) is 30.8 Å². The molecule has 4 rings (SSSR count). The zero-order chi connectivity index (χ0) is 23.0. The molecule has 0 N–H and O–H groups in total. The topological polar surface area (TPSA) is 78.9 Å². The van der Waals surface area contributed by atoms with Crippen LogP contribution in [0.25, 0.3) is 11.2 Å². The van der Waals surface area contributed by atoms with Crippen LogP contribution in [0.4, 0.5) is 4.39 Å². The van der Waals surface area contributed by atoms with E-state index in [4.69, 9.17) is 11.6 Å². The third-order valence-electron chi connectivity index (χ3n) is 5.07. The summed E-state index contributed by atoms with van der Waals surface area (Å²) in [5.74, 6) is -0.428. The molecule has 0 fully saturated rings. The molecule has 10 heteroatoms. The third kappa shape index (κ3) is 4.13. The molecule has 0 saturated heterocycles. The quantitative estimate of drug-likeness (QED) is 0.318. The number of aromatic nitrogens is 4. The van der Waals surface area contributed by atoms with Gasteiger partial charge in [-0.15, -0.1) is 0 Å². The Bertz CT molecular complexity index is 1440. The molecule has 32 heavy (non-hydrogen) atoms. The highest BCUT2D eigenvalue weighted by molar-refractivity contribution is 7.99. The van der Waals surface area contributed by atoms with E-state index < -0.39 is 11.2 Å². The molecule has 0 amide bonds. The molecule has 2 aromatic heterocycles. The maximum Gasteiger partial charge on any atom is 0.332 e. The molecule has 4 aromatic rings. The fourth-order valence-corrected chi connectivity index (χ4v) is 4.32. The van der Waals surface area contributed by atoms with Gasteiger partial charge in [0.05, 0.1) is 12.3 Å². The largest absolute Gasteiger partial charge is 0.332 e. The second-order valence-corrected chi connectivity index (χ2v) is 8.58. The zero-order valence-electron chi connectivity index (χ0n) is 17.2. The van der Waals surface area contributed by atoms with Gasteiger partial charge in [0.1, 0.15) is 5.82 Å². The van der Waals surface area contributed by atoms with E-state index in [1.54, 1.807) is 41.0 Å². The highest BCUT2D eigenvalue weighted by Gasteiger charge is 2.20. The Kier molecular flexibility index (Phi) is 6.03. The Hall–Kier alpha value is -3.17. The smallest absolute Gasteiger partial charge is 0.309 e. The van der Waals surface area contributed by atoms with Gasteiger partial charge in [0.25, 0.3) is 5.56 Å². The fourth-order valence-electron chi connectivity index (χ4n) is 3.31. The number of carbonyl (C=O) groups excluding carboxylic acids is 1. The van der Waals surface area contributed by atoms with Gasteiger partial charge in [-0.05, 0) is 42.0 Å². The maximum atomic E-state index is 13.3. The summed E-state index contributed by atoms with van der Waals surface area (Å²) in [5, 5.41) is 0.942. The predicted octanol–water partition coefficient (Wildman–Crippen LogP) is 3.25. The van der Waals surface area contributed by atoms with Crippen molar-refractivity contribution in [3.8, 4) is 0 Å². The molecular weight excluding hydrogens is 455 g/mol. The van der Waals surface area contributed by atoms with Gasteiger partial charge in [-0.1, -0.05) is 35.5 Å². The molecule has 0 bridgehead atoms. The first-order valence-electron chi connectivity index (χ1n) is 9.58. The highest BCUT2D eigenvalue weighted by Crippen LogP contribution is 2.24. The van der Waals surface area contributed by atoms with Crippen molar-refractivity contribution in [2.45, 2.75) is 11.7 Å². The predicted molar refractivity (Wildman–Crippen MR) is 122 cm³/mol. The van der Waals surface area contributed by atoms with Gasteiger partial charge < -0.3 is 4.57 Å². The lowest BCUT2D eigenvalue weighted by molar-refractivity contribution is 0.102. The molecule has 0 spiro atoms. The van der Waals surface area contributed by atoms with E-state index in [1.807, 2.05) is 0 Å². The molecule has 0 radical (unpaired) electrons. The Morgan fingerprint density at radius 1 is 1.03 bits per heavy atom. The van der Waals surface area contributed by atoms with Crippen LogP contribution in [0.1, 0.15) is 15.9 Å². The summed E-state index contributed by atoms with van der Waals surface area (Å²) < 4.78 is 17.3. The van der Waals surface area contributed by atoms with E-state index >= 15 is 0 Å². The molecule has 0 aliphatic carbocycles. The Balaban J connectivity index is 1.77. The lowest BCUT2D eigenvalue weighted by Gasteiger charge is -2.10. The number of Topliss-reactive ketones (excluding diaryl/α,β-unsaturated/α-hetero) is 1. The van der Waals surface area contributed by atoms with Gasteiger partial charge in [-0.25, -0.2) is 14.2 Å². The van der Waals surface area contributed by atoms with Gasteiger partial charge in [0.2, 0.25) is 0 Å². The average molecular weight is 473 g/mol. The van der Waals surface area contributed by atoms with Crippen molar-refractivity contribution in [3.63, 3.8) is 0 Å². The van der Waals surface area contributed by atoms with Crippen LogP contribution in [0.3, 0.4) is 0 Å². The summed E-state index contributed by atoms with van der Waals surface area (Å²) in [6.07, 6.45) is 0. The minimum Gasteiger partial charge on any atom is -0.309 e. The number of benzene rings is 2.